The van der Waals surface area contributed by atoms with E-state index in [2.05, 4.69) is 10.9 Å². The first-order valence-electron chi connectivity index (χ1n) is 17.9. The second-order valence-electron chi connectivity index (χ2n) is 12.7. The number of nitrogens with zero attached hydrogens (tertiary/aromatic N) is 2. The van der Waals surface area contributed by atoms with Gasteiger partial charge in [-0.25, -0.2) is 4.79 Å². The van der Waals surface area contributed by atoms with Gasteiger partial charge in [-0.2, -0.15) is 0 Å². The standard InChI is InChI=1S/C40H48N2O12/c1-47-36-11-6-4-9-32(36)28-50-16-7-17-51-34-14-12-30(13-15-34)39-33(26-43)24-41(40(44)52-20-18-49-19-21-54-42(45)46)25-38(39)53-27-29-22-31-8-3-5-10-35(31)37(23-29)48-2/h3-6,8-15,22-23,33,38-39,43H,7,16-21,24-28H2,1-2H3. The highest BCUT2D eigenvalue weighted by Gasteiger charge is 2.40. The number of aliphatic hydroxyl groups is 1. The van der Waals surface area contributed by atoms with Crippen molar-refractivity contribution in [2.45, 2.75) is 31.7 Å². The molecule has 0 aromatic heterocycles. The molecule has 1 aliphatic rings. The number of aliphatic hydroxyl groups excluding tert-OH is 1. The van der Waals surface area contributed by atoms with Gasteiger partial charge in [0.05, 0.1) is 66.5 Å². The second kappa shape index (κ2) is 20.9. The largest absolute Gasteiger partial charge is 0.496 e. The lowest BCUT2D eigenvalue weighted by Crippen LogP contribution is -2.52. The Balaban J connectivity index is 1.21. The normalized spacial score (nSPS) is 16.9. The minimum Gasteiger partial charge on any atom is -0.496 e. The Hall–Kier alpha value is -5.15. The molecule has 1 N–H and O–H groups in total. The molecule has 0 spiro atoms. The topological polar surface area (TPSA) is 158 Å². The van der Waals surface area contributed by atoms with Crippen molar-refractivity contribution in [2.24, 2.45) is 5.92 Å². The summed E-state index contributed by atoms with van der Waals surface area (Å²) >= 11 is 0. The maximum absolute atomic E-state index is 13.2. The summed E-state index contributed by atoms with van der Waals surface area (Å²) in [4.78, 5) is 29.2. The van der Waals surface area contributed by atoms with Gasteiger partial charge < -0.3 is 48.0 Å². The Morgan fingerprint density at radius 2 is 1.59 bits per heavy atom. The predicted octanol–water partition coefficient (Wildman–Crippen LogP) is 5.80. The minimum absolute atomic E-state index is 0.0189. The van der Waals surface area contributed by atoms with E-state index in [0.717, 1.165) is 39.0 Å². The van der Waals surface area contributed by atoms with Crippen molar-refractivity contribution in [3.05, 3.63) is 112 Å². The zero-order valence-electron chi connectivity index (χ0n) is 30.6. The minimum atomic E-state index is -0.897. The summed E-state index contributed by atoms with van der Waals surface area (Å²) in [5.41, 5.74) is 2.84. The fraction of sp³-hybridized carbons (Fsp3) is 0.425. The molecule has 1 saturated heterocycles. The summed E-state index contributed by atoms with van der Waals surface area (Å²) in [5, 5.41) is 22.0. The zero-order chi connectivity index (χ0) is 38.1. The van der Waals surface area contributed by atoms with Crippen LogP contribution in [-0.2, 0) is 37.0 Å². The SMILES string of the molecule is COc1ccccc1COCCCOc1ccc(C2C(CO)CN(C(=O)OCCOCCO[N+](=O)[O-])CC2OCc2cc(OC)c3ccccc3c2)cc1. The summed E-state index contributed by atoms with van der Waals surface area (Å²) in [6.45, 7) is 1.72. The number of para-hydroxylation sites is 1. The average molecular weight is 749 g/mol. The zero-order valence-corrected chi connectivity index (χ0v) is 30.6. The summed E-state index contributed by atoms with van der Waals surface area (Å²) in [7, 11) is 3.28. The molecule has 290 valence electrons. The van der Waals surface area contributed by atoms with Crippen molar-refractivity contribution >= 4 is 16.9 Å². The smallest absolute Gasteiger partial charge is 0.409 e. The van der Waals surface area contributed by atoms with Gasteiger partial charge in [0.15, 0.2) is 0 Å². The molecule has 3 unspecified atom stereocenters. The molecular weight excluding hydrogens is 700 g/mol. The van der Waals surface area contributed by atoms with Crippen LogP contribution in [0.1, 0.15) is 29.0 Å². The van der Waals surface area contributed by atoms with E-state index in [4.69, 9.17) is 33.2 Å². The van der Waals surface area contributed by atoms with Crippen LogP contribution in [0.25, 0.3) is 10.8 Å². The van der Waals surface area contributed by atoms with E-state index in [0.29, 0.717) is 32.0 Å². The summed E-state index contributed by atoms with van der Waals surface area (Å²) in [5.74, 6) is 1.63. The van der Waals surface area contributed by atoms with Gasteiger partial charge in [-0.3, -0.25) is 0 Å². The summed E-state index contributed by atoms with van der Waals surface area (Å²) in [6.07, 6.45) is -0.368. The average Bonchev–Trinajstić information content (AvgIpc) is 3.20. The number of rotatable bonds is 21. The molecule has 5 rings (SSSR count). The highest BCUT2D eigenvalue weighted by molar-refractivity contribution is 5.89. The Morgan fingerprint density at radius 3 is 2.37 bits per heavy atom. The number of methoxy groups -OCH3 is 2. The number of ether oxygens (including phenoxy) is 7. The van der Waals surface area contributed by atoms with Gasteiger partial charge in [0.25, 0.3) is 5.09 Å². The third-order valence-corrected chi connectivity index (χ3v) is 9.12. The van der Waals surface area contributed by atoms with Gasteiger partial charge in [0, 0.05) is 42.4 Å². The molecule has 14 nitrogen and oxygen atoms in total. The van der Waals surface area contributed by atoms with Gasteiger partial charge in [0.1, 0.15) is 30.5 Å². The first kappa shape index (κ1) is 40.0. The van der Waals surface area contributed by atoms with Crippen LogP contribution in [0.15, 0.2) is 84.9 Å². The Morgan fingerprint density at radius 1 is 0.833 bits per heavy atom. The van der Waals surface area contributed by atoms with Crippen molar-refractivity contribution in [2.75, 3.05) is 73.6 Å². The van der Waals surface area contributed by atoms with Gasteiger partial charge in [-0.1, -0.05) is 54.6 Å². The molecule has 0 radical (unpaired) electrons. The number of fused-ring (bicyclic) bond motifs is 1. The number of piperidine rings is 1. The quantitative estimate of drug-likeness (QED) is 0.0622. The van der Waals surface area contributed by atoms with Crippen LogP contribution in [0.5, 0.6) is 17.2 Å². The highest BCUT2D eigenvalue weighted by Crippen LogP contribution is 2.37. The Kier molecular flexibility index (Phi) is 15.5. The van der Waals surface area contributed by atoms with Crippen LogP contribution in [0.4, 0.5) is 4.79 Å². The van der Waals surface area contributed by atoms with E-state index in [1.165, 1.54) is 4.90 Å². The van der Waals surface area contributed by atoms with Crippen molar-refractivity contribution in [3.63, 3.8) is 0 Å². The van der Waals surface area contributed by atoms with E-state index in [1.54, 1.807) is 14.2 Å². The number of likely N-dealkylation sites (tertiary alicyclic amines) is 1. The lowest BCUT2D eigenvalue weighted by Gasteiger charge is -2.43. The molecule has 0 bridgehead atoms. The number of hydrogen-bond donors (Lipinski definition) is 1. The van der Waals surface area contributed by atoms with Gasteiger partial charge >= 0.3 is 6.09 Å². The third kappa shape index (κ3) is 11.4. The monoisotopic (exact) mass is 748 g/mol. The molecule has 4 aromatic rings. The molecule has 1 fully saturated rings. The number of carbonyl (C=O) groups is 1. The predicted molar refractivity (Wildman–Crippen MR) is 198 cm³/mol. The molecule has 14 heteroatoms. The van der Waals surface area contributed by atoms with Crippen LogP contribution in [0.3, 0.4) is 0 Å². The molecular formula is C40H48N2O12. The molecule has 0 saturated carbocycles. The fourth-order valence-corrected chi connectivity index (χ4v) is 6.55. The van der Waals surface area contributed by atoms with E-state index in [-0.39, 0.29) is 64.6 Å². The van der Waals surface area contributed by atoms with Crippen molar-refractivity contribution in [1.29, 1.82) is 0 Å². The molecule has 1 aliphatic heterocycles. The van der Waals surface area contributed by atoms with E-state index in [9.17, 15) is 20.0 Å². The first-order valence-corrected chi connectivity index (χ1v) is 17.9. The maximum atomic E-state index is 13.2. The van der Waals surface area contributed by atoms with Crippen LogP contribution >= 0.6 is 0 Å². The summed E-state index contributed by atoms with van der Waals surface area (Å²) in [6, 6.07) is 27.5. The highest BCUT2D eigenvalue weighted by atomic mass is 17.0. The van der Waals surface area contributed by atoms with E-state index >= 15 is 0 Å². The molecule has 4 aromatic carbocycles. The van der Waals surface area contributed by atoms with Crippen molar-refractivity contribution in [1.82, 2.24) is 4.90 Å². The number of benzene rings is 4. The fourth-order valence-electron chi connectivity index (χ4n) is 6.55. The van der Waals surface area contributed by atoms with Crippen molar-refractivity contribution in [3.8, 4) is 17.2 Å². The van der Waals surface area contributed by atoms with Gasteiger partial charge in [0.2, 0.25) is 0 Å². The third-order valence-electron chi connectivity index (χ3n) is 9.12. The number of amides is 1. The van der Waals surface area contributed by atoms with E-state index in [1.807, 2.05) is 78.9 Å². The molecule has 1 heterocycles. The Labute approximate surface area is 314 Å². The number of hydrogen-bond acceptors (Lipinski definition) is 12. The summed E-state index contributed by atoms with van der Waals surface area (Å²) < 4.78 is 40.2. The maximum Gasteiger partial charge on any atom is 0.409 e. The lowest BCUT2D eigenvalue weighted by atomic mass is 9.79. The second-order valence-corrected chi connectivity index (χ2v) is 12.7. The molecule has 0 aliphatic carbocycles. The van der Waals surface area contributed by atoms with Crippen molar-refractivity contribution < 1.29 is 53.0 Å². The van der Waals surface area contributed by atoms with Crippen LogP contribution in [0, 0.1) is 16.0 Å². The van der Waals surface area contributed by atoms with E-state index < -0.39 is 17.3 Å². The van der Waals surface area contributed by atoms with Crippen LogP contribution in [0.2, 0.25) is 0 Å². The number of carbonyl (C=O) groups excluding carboxylic acids is 1. The van der Waals surface area contributed by atoms with Crippen LogP contribution < -0.4 is 14.2 Å². The Bertz CT molecular complexity index is 1770. The van der Waals surface area contributed by atoms with Gasteiger partial charge in [-0.15, -0.1) is 10.1 Å². The lowest BCUT2D eigenvalue weighted by molar-refractivity contribution is -0.758. The molecule has 54 heavy (non-hydrogen) atoms. The molecule has 1 amide bonds. The first-order chi connectivity index (χ1) is 26.4. The van der Waals surface area contributed by atoms with Crippen LogP contribution in [-0.4, -0.2) is 101 Å². The molecule has 3 atom stereocenters. The van der Waals surface area contributed by atoms with Gasteiger partial charge in [-0.05, 0) is 46.8 Å².